The van der Waals surface area contributed by atoms with Gasteiger partial charge in [0.15, 0.2) is 0 Å². The van der Waals surface area contributed by atoms with Crippen molar-refractivity contribution in [2.75, 3.05) is 13.2 Å². The first-order chi connectivity index (χ1) is 15.3. The number of carbonyl (C=O) groups is 4. The van der Waals surface area contributed by atoms with Crippen LogP contribution in [0.15, 0.2) is 42.9 Å². The van der Waals surface area contributed by atoms with E-state index in [4.69, 9.17) is 15.9 Å². The number of hydrogen-bond acceptors (Lipinski definition) is 7. The molecule has 3 amide bonds. The van der Waals surface area contributed by atoms with Crippen LogP contribution in [0.5, 0.6) is 0 Å². The molecular formula is C20H26N6O6. The number of carbonyl (C=O) groups excluding carboxylic acids is 3. The third kappa shape index (κ3) is 7.81. The van der Waals surface area contributed by atoms with Gasteiger partial charge < -0.3 is 36.9 Å². The van der Waals surface area contributed by atoms with Crippen LogP contribution in [-0.2, 0) is 32.0 Å². The van der Waals surface area contributed by atoms with E-state index in [1.165, 1.54) is 12.5 Å². The molecule has 1 heterocycles. The minimum Gasteiger partial charge on any atom is -0.480 e. The Hall–Kier alpha value is -3.77. The highest BCUT2D eigenvalue weighted by Gasteiger charge is 2.25. The maximum atomic E-state index is 12.7. The largest absolute Gasteiger partial charge is 0.480 e. The molecule has 2 rings (SSSR count). The zero-order valence-electron chi connectivity index (χ0n) is 17.2. The maximum Gasteiger partial charge on any atom is 0.328 e. The first-order valence-corrected chi connectivity index (χ1v) is 9.78. The second-order valence-corrected chi connectivity index (χ2v) is 7.00. The van der Waals surface area contributed by atoms with Gasteiger partial charge in [0.25, 0.3) is 0 Å². The summed E-state index contributed by atoms with van der Waals surface area (Å²) in [6, 6.07) is 5.48. The molecular weight excluding hydrogens is 420 g/mol. The third-order valence-electron chi connectivity index (χ3n) is 4.49. The van der Waals surface area contributed by atoms with E-state index in [1.54, 1.807) is 24.3 Å². The van der Waals surface area contributed by atoms with E-state index in [0.29, 0.717) is 5.69 Å². The van der Waals surface area contributed by atoms with Crippen molar-refractivity contribution in [1.82, 2.24) is 25.9 Å². The Morgan fingerprint density at radius 2 is 1.75 bits per heavy atom. The van der Waals surface area contributed by atoms with Crippen LogP contribution in [0.1, 0.15) is 11.3 Å². The van der Waals surface area contributed by atoms with Crippen molar-refractivity contribution in [2.24, 2.45) is 5.73 Å². The van der Waals surface area contributed by atoms with Crippen molar-refractivity contribution in [2.45, 2.75) is 31.0 Å². The fraction of sp³-hybridized carbons (Fsp3) is 0.350. The van der Waals surface area contributed by atoms with Crippen LogP contribution in [0.25, 0.3) is 0 Å². The lowest BCUT2D eigenvalue weighted by Gasteiger charge is -2.21. The molecule has 0 radical (unpaired) electrons. The smallest absolute Gasteiger partial charge is 0.328 e. The Morgan fingerprint density at radius 3 is 2.34 bits per heavy atom. The molecule has 12 nitrogen and oxygen atoms in total. The number of rotatable bonds is 12. The van der Waals surface area contributed by atoms with Crippen LogP contribution in [0.2, 0.25) is 0 Å². The number of nitrogens with two attached hydrogens (primary N) is 1. The summed E-state index contributed by atoms with van der Waals surface area (Å²) in [7, 11) is 0. The van der Waals surface area contributed by atoms with Crippen molar-refractivity contribution in [1.29, 1.82) is 0 Å². The number of benzene rings is 1. The summed E-state index contributed by atoms with van der Waals surface area (Å²) in [5.41, 5.74) is 7.36. The average Bonchev–Trinajstić information content (AvgIpc) is 3.28. The highest BCUT2D eigenvalue weighted by molar-refractivity contribution is 5.92. The highest BCUT2D eigenvalue weighted by atomic mass is 16.4. The number of amides is 3. The summed E-state index contributed by atoms with van der Waals surface area (Å²) in [5, 5.41) is 24.9. The standard InChI is InChI=1S/C20H26N6O6/c21-14(7-13-8-22-11-24-13)18(29)26-15(6-12-4-2-1-3-5-12)19(30)23-9-17(28)25-16(10-27)20(31)32/h1-5,8,11,14-16,27H,6-7,9-10,21H2,(H,22,24)(H,23,30)(H,25,28)(H,26,29)(H,31,32). The minimum atomic E-state index is -1.49. The number of carboxylic acids is 1. The molecule has 1 aromatic heterocycles. The number of aliphatic hydroxyl groups is 1. The molecule has 0 fully saturated rings. The van der Waals surface area contributed by atoms with Gasteiger partial charge in [0.1, 0.15) is 12.1 Å². The van der Waals surface area contributed by atoms with E-state index in [9.17, 15) is 19.2 Å². The van der Waals surface area contributed by atoms with Crippen molar-refractivity contribution >= 4 is 23.7 Å². The topological polar surface area (TPSA) is 200 Å². The van der Waals surface area contributed by atoms with E-state index in [1.807, 2.05) is 6.07 Å². The Morgan fingerprint density at radius 1 is 1.03 bits per heavy atom. The van der Waals surface area contributed by atoms with Crippen LogP contribution >= 0.6 is 0 Å². The van der Waals surface area contributed by atoms with Gasteiger partial charge in [-0.15, -0.1) is 0 Å². The molecule has 1 aromatic carbocycles. The molecule has 0 saturated carbocycles. The number of aromatic nitrogens is 2. The molecule has 0 spiro atoms. The molecule has 172 valence electrons. The van der Waals surface area contributed by atoms with Crippen LogP contribution in [-0.4, -0.2) is 75.1 Å². The normalized spacial score (nSPS) is 13.4. The number of hydrogen-bond donors (Lipinski definition) is 7. The van der Waals surface area contributed by atoms with Crippen molar-refractivity contribution in [3.8, 4) is 0 Å². The van der Waals surface area contributed by atoms with Gasteiger partial charge in [0, 0.05) is 24.7 Å². The zero-order valence-corrected chi connectivity index (χ0v) is 17.2. The van der Waals surface area contributed by atoms with Gasteiger partial charge in [0.2, 0.25) is 17.7 Å². The molecule has 8 N–H and O–H groups in total. The van der Waals surface area contributed by atoms with Crippen LogP contribution in [0, 0.1) is 0 Å². The van der Waals surface area contributed by atoms with Crippen LogP contribution in [0.3, 0.4) is 0 Å². The summed E-state index contributed by atoms with van der Waals surface area (Å²) in [6.45, 7) is -1.33. The molecule has 12 heteroatoms. The van der Waals surface area contributed by atoms with Crippen molar-refractivity contribution < 1.29 is 29.4 Å². The lowest BCUT2D eigenvalue weighted by molar-refractivity contribution is -0.142. The van der Waals surface area contributed by atoms with Gasteiger partial charge in [-0.3, -0.25) is 14.4 Å². The Bertz CT molecular complexity index is 905. The van der Waals surface area contributed by atoms with Crippen LogP contribution in [0.4, 0.5) is 0 Å². The maximum absolute atomic E-state index is 12.7. The second kappa shape index (κ2) is 12.2. The summed E-state index contributed by atoms with van der Waals surface area (Å²) in [6.07, 6.45) is 3.33. The SMILES string of the molecule is NC(Cc1cnc[nH]1)C(=O)NC(Cc1ccccc1)C(=O)NCC(=O)NC(CO)C(=O)O. The van der Waals surface area contributed by atoms with E-state index in [2.05, 4.69) is 25.9 Å². The molecule has 2 aromatic rings. The molecule has 3 unspecified atom stereocenters. The molecule has 0 aliphatic rings. The van der Waals surface area contributed by atoms with E-state index in [-0.39, 0.29) is 12.8 Å². The zero-order chi connectivity index (χ0) is 23.5. The van der Waals surface area contributed by atoms with Gasteiger partial charge >= 0.3 is 5.97 Å². The molecule has 0 saturated heterocycles. The monoisotopic (exact) mass is 446 g/mol. The molecule has 0 aliphatic carbocycles. The first-order valence-electron chi connectivity index (χ1n) is 9.78. The molecule has 0 aliphatic heterocycles. The second-order valence-electron chi connectivity index (χ2n) is 7.00. The summed E-state index contributed by atoms with van der Waals surface area (Å²) in [4.78, 5) is 54.7. The van der Waals surface area contributed by atoms with Gasteiger partial charge in [-0.2, -0.15) is 0 Å². The van der Waals surface area contributed by atoms with Gasteiger partial charge in [0.05, 0.1) is 25.5 Å². The predicted molar refractivity (Wildman–Crippen MR) is 112 cm³/mol. The molecule has 32 heavy (non-hydrogen) atoms. The lowest BCUT2D eigenvalue weighted by atomic mass is 10.0. The fourth-order valence-electron chi connectivity index (χ4n) is 2.79. The third-order valence-corrected chi connectivity index (χ3v) is 4.49. The number of aliphatic carboxylic acids is 1. The number of aromatic amines is 1. The Balaban J connectivity index is 2.00. The van der Waals surface area contributed by atoms with Gasteiger partial charge in [-0.1, -0.05) is 30.3 Å². The quantitative estimate of drug-likeness (QED) is 0.188. The van der Waals surface area contributed by atoms with Crippen molar-refractivity contribution in [3.05, 3.63) is 54.1 Å². The lowest BCUT2D eigenvalue weighted by Crippen LogP contribution is -2.54. The number of nitrogens with zero attached hydrogens (tertiary/aromatic N) is 1. The van der Waals surface area contributed by atoms with Crippen LogP contribution < -0.4 is 21.7 Å². The number of imidazole rings is 1. The van der Waals surface area contributed by atoms with E-state index < -0.39 is 55.0 Å². The number of H-pyrrole nitrogens is 1. The summed E-state index contributed by atoms with van der Waals surface area (Å²) in [5.74, 6) is -3.43. The number of nitrogens with one attached hydrogen (secondary N) is 4. The Kier molecular flexibility index (Phi) is 9.32. The van der Waals surface area contributed by atoms with E-state index in [0.717, 1.165) is 5.56 Å². The number of aliphatic hydroxyl groups excluding tert-OH is 1. The average molecular weight is 446 g/mol. The fourth-order valence-corrected chi connectivity index (χ4v) is 2.79. The summed E-state index contributed by atoms with van der Waals surface area (Å²) < 4.78 is 0. The van der Waals surface area contributed by atoms with Gasteiger partial charge in [-0.05, 0) is 5.56 Å². The molecule has 0 bridgehead atoms. The van der Waals surface area contributed by atoms with E-state index >= 15 is 0 Å². The predicted octanol–water partition coefficient (Wildman–Crippen LogP) is -2.32. The summed E-state index contributed by atoms with van der Waals surface area (Å²) >= 11 is 0. The van der Waals surface area contributed by atoms with Gasteiger partial charge in [-0.25, -0.2) is 9.78 Å². The Labute approximate surface area is 183 Å². The highest BCUT2D eigenvalue weighted by Crippen LogP contribution is 2.05. The molecule has 3 atom stereocenters. The minimum absolute atomic E-state index is 0.144. The number of carboxylic acid groups (broad SMARTS) is 1. The van der Waals surface area contributed by atoms with Crippen molar-refractivity contribution in [3.63, 3.8) is 0 Å². The first kappa shape index (κ1) is 24.5.